The molecular weight excluding hydrogens is 534 g/mol. The van der Waals surface area contributed by atoms with Crippen molar-refractivity contribution in [2.24, 2.45) is 0 Å². The minimum Gasteiger partial charge on any atom is -0.294 e. The number of aromatic nitrogens is 2. The zero-order valence-electron chi connectivity index (χ0n) is 24.8. The van der Waals surface area contributed by atoms with E-state index < -0.39 is 0 Å². The number of anilines is 3. The van der Waals surface area contributed by atoms with Crippen molar-refractivity contribution >= 4 is 28.1 Å². The summed E-state index contributed by atoms with van der Waals surface area (Å²) in [6.45, 7) is 4.65. The van der Waals surface area contributed by atoms with Gasteiger partial charge in [-0.15, -0.1) is 0 Å². The van der Waals surface area contributed by atoms with Crippen LogP contribution in [0.4, 0.5) is 17.2 Å². The number of fused-ring (bicyclic) bond motifs is 4. The summed E-state index contributed by atoms with van der Waals surface area (Å²) >= 11 is 0. The van der Waals surface area contributed by atoms with Crippen molar-refractivity contribution in [1.29, 1.82) is 0 Å². The molecule has 1 heterocycles. The first-order chi connectivity index (χ1) is 21.6. The summed E-state index contributed by atoms with van der Waals surface area (Å²) in [5, 5.41) is 1.00. The van der Waals surface area contributed by atoms with Crippen LogP contribution in [-0.4, -0.2) is 9.97 Å². The second kappa shape index (κ2) is 10.3. The summed E-state index contributed by atoms with van der Waals surface area (Å²) in [7, 11) is 0. The minimum atomic E-state index is -0.117. The number of hydrogen-bond acceptors (Lipinski definition) is 3. The van der Waals surface area contributed by atoms with Gasteiger partial charge in [0.25, 0.3) is 0 Å². The third-order valence-corrected chi connectivity index (χ3v) is 8.89. The van der Waals surface area contributed by atoms with Gasteiger partial charge < -0.3 is 0 Å². The first kappa shape index (κ1) is 26.1. The van der Waals surface area contributed by atoms with E-state index in [0.717, 1.165) is 33.7 Å². The summed E-state index contributed by atoms with van der Waals surface area (Å²) in [4.78, 5) is 12.7. The molecule has 0 N–H and O–H groups in total. The van der Waals surface area contributed by atoms with Crippen LogP contribution in [-0.2, 0) is 5.41 Å². The topological polar surface area (TPSA) is 29.0 Å². The van der Waals surface area contributed by atoms with E-state index in [4.69, 9.17) is 9.97 Å². The van der Waals surface area contributed by atoms with Crippen molar-refractivity contribution in [3.8, 4) is 33.6 Å². The van der Waals surface area contributed by atoms with Crippen LogP contribution in [0.1, 0.15) is 25.0 Å². The zero-order chi connectivity index (χ0) is 29.7. The van der Waals surface area contributed by atoms with Gasteiger partial charge in [-0.05, 0) is 58.1 Å². The minimum absolute atomic E-state index is 0.117. The molecule has 0 fully saturated rings. The Balaban J connectivity index is 1.42. The molecule has 0 spiro atoms. The molecule has 3 heteroatoms. The van der Waals surface area contributed by atoms with Crippen LogP contribution in [0.15, 0.2) is 152 Å². The van der Waals surface area contributed by atoms with E-state index in [1.807, 2.05) is 24.3 Å². The number of rotatable bonds is 5. The Kier molecular flexibility index (Phi) is 6.13. The van der Waals surface area contributed by atoms with Gasteiger partial charge in [-0.2, -0.15) is 0 Å². The molecule has 44 heavy (non-hydrogen) atoms. The van der Waals surface area contributed by atoms with Crippen molar-refractivity contribution in [2.45, 2.75) is 19.3 Å². The second-order valence-corrected chi connectivity index (χ2v) is 11.9. The molecule has 6 aromatic carbocycles. The molecule has 0 bridgehead atoms. The van der Waals surface area contributed by atoms with Gasteiger partial charge in [0.1, 0.15) is 5.82 Å². The third kappa shape index (κ3) is 4.20. The Morgan fingerprint density at radius 3 is 1.89 bits per heavy atom. The first-order valence-corrected chi connectivity index (χ1v) is 15.1. The largest absolute Gasteiger partial charge is 0.294 e. The fourth-order valence-corrected chi connectivity index (χ4v) is 6.68. The Morgan fingerprint density at radius 1 is 0.500 bits per heavy atom. The Labute approximate surface area is 258 Å². The van der Waals surface area contributed by atoms with Gasteiger partial charge >= 0.3 is 0 Å². The molecule has 1 aliphatic carbocycles. The highest BCUT2D eigenvalue weighted by Gasteiger charge is 2.38. The lowest BCUT2D eigenvalue weighted by Gasteiger charge is -2.29. The molecule has 1 aromatic heterocycles. The Morgan fingerprint density at radius 2 is 1.11 bits per heavy atom. The molecule has 7 aromatic rings. The normalized spacial score (nSPS) is 13.0. The van der Waals surface area contributed by atoms with E-state index >= 15 is 0 Å². The summed E-state index contributed by atoms with van der Waals surface area (Å²) < 4.78 is 0. The smallest absolute Gasteiger partial charge is 0.162 e. The fraction of sp³-hybridized carbons (Fsp3) is 0.0732. The molecule has 210 valence electrons. The SMILES string of the molecule is CC1(C)c2ccccc2-c2c(N(c3ccc(-c4ccccc4)cc3)c3nc(-c4ccccc4)nc4ccccc34)cccc21. The van der Waals surface area contributed by atoms with Gasteiger partial charge in [0.2, 0.25) is 0 Å². The van der Waals surface area contributed by atoms with E-state index in [9.17, 15) is 0 Å². The van der Waals surface area contributed by atoms with E-state index in [1.54, 1.807) is 0 Å². The quantitative estimate of drug-likeness (QED) is 0.208. The van der Waals surface area contributed by atoms with Gasteiger partial charge in [-0.25, -0.2) is 9.97 Å². The van der Waals surface area contributed by atoms with Crippen molar-refractivity contribution in [3.05, 3.63) is 163 Å². The second-order valence-electron chi connectivity index (χ2n) is 11.9. The monoisotopic (exact) mass is 565 g/mol. The maximum absolute atomic E-state index is 5.34. The number of para-hydroxylation sites is 1. The van der Waals surface area contributed by atoms with Crippen LogP contribution < -0.4 is 4.90 Å². The molecule has 0 unspecified atom stereocenters. The third-order valence-electron chi connectivity index (χ3n) is 8.89. The van der Waals surface area contributed by atoms with Crippen LogP contribution in [0, 0.1) is 0 Å². The van der Waals surface area contributed by atoms with Crippen LogP contribution >= 0.6 is 0 Å². The van der Waals surface area contributed by atoms with Crippen LogP contribution in [0.25, 0.3) is 44.5 Å². The molecule has 0 saturated carbocycles. The Hall–Kier alpha value is -5.54. The van der Waals surface area contributed by atoms with Crippen molar-refractivity contribution in [1.82, 2.24) is 9.97 Å². The van der Waals surface area contributed by atoms with Crippen molar-refractivity contribution < 1.29 is 0 Å². The molecule has 1 aliphatic rings. The fourth-order valence-electron chi connectivity index (χ4n) is 6.68. The van der Waals surface area contributed by atoms with Crippen LogP contribution in [0.3, 0.4) is 0 Å². The van der Waals surface area contributed by atoms with E-state index in [-0.39, 0.29) is 5.41 Å². The summed E-state index contributed by atoms with van der Waals surface area (Å²) in [6.07, 6.45) is 0. The van der Waals surface area contributed by atoms with Gasteiger partial charge in [0.15, 0.2) is 5.82 Å². The molecule has 8 rings (SSSR count). The Bertz CT molecular complexity index is 2130. The lowest BCUT2D eigenvalue weighted by molar-refractivity contribution is 0.660. The lowest BCUT2D eigenvalue weighted by atomic mass is 9.82. The number of nitrogens with zero attached hydrogens (tertiary/aromatic N) is 3. The molecule has 0 saturated heterocycles. The highest BCUT2D eigenvalue weighted by Crippen LogP contribution is 2.54. The van der Waals surface area contributed by atoms with Gasteiger partial charge in [-0.1, -0.05) is 135 Å². The predicted octanol–water partition coefficient (Wildman–Crippen LogP) is 10.7. The highest BCUT2D eigenvalue weighted by atomic mass is 15.2. The average Bonchev–Trinajstić information content (AvgIpc) is 3.33. The molecule has 0 aliphatic heterocycles. The van der Waals surface area contributed by atoms with Gasteiger partial charge in [0.05, 0.1) is 11.2 Å². The standard InChI is InChI=1S/C41H31N3/c1-41(2)34-20-11-9-18-32(34)38-35(41)21-13-23-37(38)44(31-26-24-29(25-27-31)28-14-5-3-6-15-28)40-33-19-10-12-22-36(33)42-39(43-40)30-16-7-4-8-17-30/h3-27H,1-2H3. The molecular formula is C41H31N3. The van der Waals surface area contributed by atoms with E-state index in [2.05, 4.69) is 146 Å². The average molecular weight is 566 g/mol. The number of hydrogen-bond donors (Lipinski definition) is 0. The van der Waals surface area contributed by atoms with E-state index in [1.165, 1.54) is 33.4 Å². The summed E-state index contributed by atoms with van der Waals surface area (Å²) in [5.41, 5.74) is 11.5. The van der Waals surface area contributed by atoms with Gasteiger partial charge in [-0.3, -0.25) is 4.90 Å². The van der Waals surface area contributed by atoms with Crippen molar-refractivity contribution in [3.63, 3.8) is 0 Å². The molecule has 0 amide bonds. The maximum Gasteiger partial charge on any atom is 0.162 e. The van der Waals surface area contributed by atoms with E-state index in [0.29, 0.717) is 5.82 Å². The summed E-state index contributed by atoms with van der Waals surface area (Å²) in [6, 6.07) is 53.5. The molecule has 0 radical (unpaired) electrons. The van der Waals surface area contributed by atoms with Crippen molar-refractivity contribution in [2.75, 3.05) is 4.90 Å². The first-order valence-electron chi connectivity index (χ1n) is 15.1. The number of benzene rings is 6. The van der Waals surface area contributed by atoms with Crippen LogP contribution in [0.5, 0.6) is 0 Å². The van der Waals surface area contributed by atoms with Gasteiger partial charge in [0, 0.05) is 27.6 Å². The predicted molar refractivity (Wildman–Crippen MR) is 183 cm³/mol. The molecule has 3 nitrogen and oxygen atoms in total. The summed E-state index contributed by atoms with van der Waals surface area (Å²) in [5.74, 6) is 1.57. The lowest BCUT2D eigenvalue weighted by Crippen LogP contribution is -2.17. The highest BCUT2D eigenvalue weighted by molar-refractivity contribution is 6.01. The zero-order valence-corrected chi connectivity index (χ0v) is 24.8. The molecule has 0 atom stereocenters. The maximum atomic E-state index is 5.34. The van der Waals surface area contributed by atoms with Crippen LogP contribution in [0.2, 0.25) is 0 Å².